The number of nitrogens with zero attached hydrogens (tertiary/aromatic N) is 1. The molecule has 1 heterocycles. The van der Waals surface area contributed by atoms with E-state index in [-0.39, 0.29) is 11.9 Å². The number of rotatable bonds is 2. The molecule has 0 unspecified atom stereocenters. The number of hydrogen-bond donors (Lipinski definition) is 1. The van der Waals surface area contributed by atoms with Gasteiger partial charge in [-0.1, -0.05) is 12.1 Å². The number of piperidine rings is 1. The highest BCUT2D eigenvalue weighted by atomic mass is 16.5. The van der Waals surface area contributed by atoms with Crippen molar-refractivity contribution in [1.29, 1.82) is 0 Å². The van der Waals surface area contributed by atoms with Crippen LogP contribution in [-0.2, 0) is 17.6 Å². The predicted octanol–water partition coefficient (Wildman–Crippen LogP) is 2.26. The summed E-state index contributed by atoms with van der Waals surface area (Å²) < 4.78 is 5.66. The van der Waals surface area contributed by atoms with E-state index in [1.54, 1.807) is 0 Å². The van der Waals surface area contributed by atoms with E-state index in [4.69, 9.17) is 10.5 Å². The molecule has 1 fully saturated rings. The summed E-state index contributed by atoms with van der Waals surface area (Å²) in [7, 11) is 0. The molecule has 2 N–H and O–H groups in total. The summed E-state index contributed by atoms with van der Waals surface area (Å²) in [6, 6.07) is 5.47. The van der Waals surface area contributed by atoms with Gasteiger partial charge >= 0.3 is 12.0 Å². The van der Waals surface area contributed by atoms with Gasteiger partial charge in [0.2, 0.25) is 0 Å². The molecule has 1 aromatic carbocycles. The van der Waals surface area contributed by atoms with Crippen LogP contribution in [0.5, 0.6) is 5.75 Å². The molecule has 3 rings (SSSR count). The van der Waals surface area contributed by atoms with Crippen LogP contribution in [0, 0.1) is 5.92 Å². The molecule has 2 aliphatic rings. The molecule has 1 aliphatic heterocycles. The van der Waals surface area contributed by atoms with Gasteiger partial charge in [-0.25, -0.2) is 4.79 Å². The summed E-state index contributed by atoms with van der Waals surface area (Å²) >= 11 is 0. The second-order valence-electron chi connectivity index (χ2n) is 6.15. The molecule has 0 aromatic heterocycles. The predicted molar refractivity (Wildman–Crippen MR) is 82.6 cm³/mol. The van der Waals surface area contributed by atoms with E-state index in [1.807, 2.05) is 12.1 Å². The maximum atomic E-state index is 12.4. The zero-order valence-corrected chi connectivity index (χ0v) is 12.7. The zero-order chi connectivity index (χ0) is 15.5. The standard InChI is InChI=1S/C17H22N2O3/c18-17(21)19-10-4-7-13(11-19)16(20)22-15-9-3-6-12-5-1-2-8-14(12)15/h3,6,9,13H,1-2,4-5,7-8,10-11H2,(H2,18,21)/t13-/m1/s1. The molecular weight excluding hydrogens is 280 g/mol. The maximum Gasteiger partial charge on any atom is 0.316 e. The Morgan fingerprint density at radius 1 is 1.18 bits per heavy atom. The topological polar surface area (TPSA) is 72.6 Å². The van der Waals surface area contributed by atoms with Crippen molar-refractivity contribution >= 4 is 12.0 Å². The number of nitrogens with two attached hydrogens (primary N) is 1. The van der Waals surface area contributed by atoms with Gasteiger partial charge in [0.1, 0.15) is 5.75 Å². The maximum absolute atomic E-state index is 12.4. The van der Waals surface area contributed by atoms with E-state index in [0.29, 0.717) is 18.8 Å². The number of hydrogen-bond acceptors (Lipinski definition) is 3. The molecule has 1 atom stereocenters. The van der Waals surface area contributed by atoms with Gasteiger partial charge in [0.15, 0.2) is 0 Å². The molecule has 5 nitrogen and oxygen atoms in total. The Labute approximate surface area is 130 Å². The molecule has 2 amide bonds. The summed E-state index contributed by atoms with van der Waals surface area (Å²) in [5.41, 5.74) is 7.77. The van der Waals surface area contributed by atoms with Crippen molar-refractivity contribution in [1.82, 2.24) is 4.90 Å². The molecule has 0 spiro atoms. The number of benzene rings is 1. The minimum atomic E-state index is -0.463. The third-order valence-electron chi connectivity index (χ3n) is 4.63. The Bertz CT molecular complexity index is 585. The lowest BCUT2D eigenvalue weighted by atomic mass is 9.91. The number of fused-ring (bicyclic) bond motifs is 1. The minimum Gasteiger partial charge on any atom is -0.426 e. The van der Waals surface area contributed by atoms with Crippen LogP contribution in [0.1, 0.15) is 36.8 Å². The first-order valence-corrected chi connectivity index (χ1v) is 8.02. The fraction of sp³-hybridized carbons (Fsp3) is 0.529. The molecule has 118 valence electrons. The highest BCUT2D eigenvalue weighted by molar-refractivity contribution is 5.78. The van der Waals surface area contributed by atoms with Gasteiger partial charge in [-0.15, -0.1) is 0 Å². The lowest BCUT2D eigenvalue weighted by Crippen LogP contribution is -2.45. The fourth-order valence-corrected chi connectivity index (χ4v) is 3.40. The number of primary amides is 1. The van der Waals surface area contributed by atoms with Gasteiger partial charge in [-0.2, -0.15) is 0 Å². The van der Waals surface area contributed by atoms with Crippen molar-refractivity contribution in [3.05, 3.63) is 29.3 Å². The van der Waals surface area contributed by atoms with E-state index in [0.717, 1.165) is 32.1 Å². The number of urea groups is 1. The normalized spacial score (nSPS) is 21.1. The van der Waals surface area contributed by atoms with Crippen LogP contribution in [0.3, 0.4) is 0 Å². The number of esters is 1. The Kier molecular flexibility index (Phi) is 4.32. The van der Waals surface area contributed by atoms with Crippen molar-refractivity contribution in [3.63, 3.8) is 0 Å². The Morgan fingerprint density at radius 3 is 2.82 bits per heavy atom. The van der Waals surface area contributed by atoms with Crippen LogP contribution in [0.25, 0.3) is 0 Å². The van der Waals surface area contributed by atoms with Gasteiger partial charge in [0.05, 0.1) is 5.92 Å². The number of carbonyl (C=O) groups excluding carboxylic acids is 2. The Hall–Kier alpha value is -2.04. The van der Waals surface area contributed by atoms with E-state index in [9.17, 15) is 9.59 Å². The quantitative estimate of drug-likeness (QED) is 0.673. The molecule has 1 aliphatic carbocycles. The second-order valence-corrected chi connectivity index (χ2v) is 6.15. The Morgan fingerprint density at radius 2 is 2.00 bits per heavy atom. The van der Waals surface area contributed by atoms with Crippen LogP contribution < -0.4 is 10.5 Å². The van der Waals surface area contributed by atoms with Gasteiger partial charge in [-0.3, -0.25) is 4.79 Å². The van der Waals surface area contributed by atoms with Gasteiger partial charge in [-0.05, 0) is 55.7 Å². The van der Waals surface area contributed by atoms with Crippen LogP contribution in [0.2, 0.25) is 0 Å². The third-order valence-corrected chi connectivity index (χ3v) is 4.63. The van der Waals surface area contributed by atoms with Crippen molar-refractivity contribution in [3.8, 4) is 5.75 Å². The number of aryl methyl sites for hydroxylation is 1. The number of amides is 2. The summed E-state index contributed by atoms with van der Waals surface area (Å²) in [4.78, 5) is 25.2. The second kappa shape index (κ2) is 6.38. The number of carbonyl (C=O) groups is 2. The molecule has 1 aromatic rings. The fourth-order valence-electron chi connectivity index (χ4n) is 3.40. The molecular formula is C17H22N2O3. The van der Waals surface area contributed by atoms with E-state index in [1.165, 1.54) is 22.4 Å². The largest absolute Gasteiger partial charge is 0.426 e. The average Bonchev–Trinajstić information content (AvgIpc) is 2.55. The molecule has 22 heavy (non-hydrogen) atoms. The molecule has 5 heteroatoms. The van der Waals surface area contributed by atoms with Crippen LogP contribution in [0.4, 0.5) is 4.79 Å². The first kappa shape index (κ1) is 14.9. The zero-order valence-electron chi connectivity index (χ0n) is 12.7. The SMILES string of the molecule is NC(=O)N1CCC[C@@H](C(=O)Oc2cccc3c2CCCC3)C1. The van der Waals surface area contributed by atoms with Crippen LogP contribution in [0.15, 0.2) is 18.2 Å². The van der Waals surface area contributed by atoms with E-state index < -0.39 is 6.03 Å². The summed E-state index contributed by atoms with van der Waals surface area (Å²) in [6.45, 7) is 0.989. The first-order valence-electron chi connectivity index (χ1n) is 8.02. The lowest BCUT2D eigenvalue weighted by molar-refractivity contribution is -0.140. The summed E-state index contributed by atoms with van der Waals surface area (Å²) in [6.07, 6.45) is 5.89. The van der Waals surface area contributed by atoms with Crippen molar-refractivity contribution < 1.29 is 14.3 Å². The lowest BCUT2D eigenvalue weighted by Gasteiger charge is -2.30. The molecule has 1 saturated heterocycles. The van der Waals surface area contributed by atoms with Crippen LogP contribution >= 0.6 is 0 Å². The van der Waals surface area contributed by atoms with E-state index >= 15 is 0 Å². The smallest absolute Gasteiger partial charge is 0.316 e. The molecule has 0 bridgehead atoms. The highest BCUT2D eigenvalue weighted by Gasteiger charge is 2.29. The van der Waals surface area contributed by atoms with Crippen molar-refractivity contribution in [2.45, 2.75) is 38.5 Å². The highest BCUT2D eigenvalue weighted by Crippen LogP contribution is 2.30. The third kappa shape index (κ3) is 3.08. The molecule has 0 saturated carbocycles. The number of ether oxygens (including phenoxy) is 1. The average molecular weight is 302 g/mol. The van der Waals surface area contributed by atoms with Gasteiger partial charge in [0, 0.05) is 13.1 Å². The number of likely N-dealkylation sites (tertiary alicyclic amines) is 1. The summed E-state index contributed by atoms with van der Waals surface area (Å²) in [5, 5.41) is 0. The molecule has 0 radical (unpaired) electrons. The van der Waals surface area contributed by atoms with Gasteiger partial charge in [0.25, 0.3) is 0 Å². The summed E-state index contributed by atoms with van der Waals surface area (Å²) in [5.74, 6) is 0.170. The van der Waals surface area contributed by atoms with Crippen molar-refractivity contribution in [2.24, 2.45) is 11.7 Å². The van der Waals surface area contributed by atoms with Crippen LogP contribution in [-0.4, -0.2) is 30.0 Å². The van der Waals surface area contributed by atoms with Gasteiger partial charge < -0.3 is 15.4 Å². The Balaban J connectivity index is 1.70. The van der Waals surface area contributed by atoms with E-state index in [2.05, 4.69) is 6.07 Å². The van der Waals surface area contributed by atoms with Crippen molar-refractivity contribution in [2.75, 3.05) is 13.1 Å². The minimum absolute atomic E-state index is 0.245. The monoisotopic (exact) mass is 302 g/mol. The first-order chi connectivity index (χ1) is 10.6.